The second kappa shape index (κ2) is 5.32. The minimum atomic E-state index is -4.52. The molecule has 0 saturated heterocycles. The van der Waals surface area contributed by atoms with Crippen LogP contribution in [0.3, 0.4) is 0 Å². The molecule has 20 heavy (non-hydrogen) atoms. The lowest BCUT2D eigenvalue weighted by Gasteiger charge is -2.12. The molecule has 0 saturated carbocycles. The van der Waals surface area contributed by atoms with Gasteiger partial charge in [0.05, 0.1) is 5.56 Å². The number of rotatable bonds is 3. The summed E-state index contributed by atoms with van der Waals surface area (Å²) in [6.45, 7) is 0.0512. The second-order valence-corrected chi connectivity index (χ2v) is 4.21. The van der Waals surface area contributed by atoms with Gasteiger partial charge < -0.3 is 15.6 Å². The Labute approximate surface area is 113 Å². The molecule has 0 heterocycles. The average molecular weight is 283 g/mol. The molecule has 0 unspecified atom stereocenters. The van der Waals surface area contributed by atoms with E-state index in [2.05, 4.69) is 0 Å². The maximum absolute atomic E-state index is 12.7. The molecule has 3 N–H and O–H groups in total. The van der Waals surface area contributed by atoms with E-state index in [1.807, 2.05) is 0 Å². The molecule has 3 nitrogen and oxygen atoms in total. The van der Waals surface area contributed by atoms with Crippen LogP contribution in [0.25, 0.3) is 0 Å². The summed E-state index contributed by atoms with van der Waals surface area (Å²) in [5.41, 5.74) is 4.67. The number of ether oxygens (including phenoxy) is 1. The molecule has 0 atom stereocenters. The lowest BCUT2D eigenvalue weighted by atomic mass is 10.1. The number of phenols is 1. The zero-order valence-corrected chi connectivity index (χ0v) is 10.3. The van der Waals surface area contributed by atoms with E-state index >= 15 is 0 Å². The summed E-state index contributed by atoms with van der Waals surface area (Å²) in [5, 5.41) is 9.28. The minimum Gasteiger partial charge on any atom is -0.508 e. The van der Waals surface area contributed by atoms with Gasteiger partial charge in [-0.2, -0.15) is 13.2 Å². The van der Waals surface area contributed by atoms with E-state index in [9.17, 15) is 18.3 Å². The van der Waals surface area contributed by atoms with Crippen molar-refractivity contribution < 1.29 is 23.0 Å². The van der Waals surface area contributed by atoms with Crippen LogP contribution in [-0.4, -0.2) is 5.11 Å². The molecule has 2 rings (SSSR count). The first kappa shape index (κ1) is 14.0. The fraction of sp³-hybridized carbons (Fsp3) is 0.143. The highest BCUT2D eigenvalue weighted by molar-refractivity contribution is 5.52. The minimum absolute atomic E-state index is 0.0512. The van der Waals surface area contributed by atoms with Crippen molar-refractivity contribution >= 4 is 5.69 Å². The third-order valence-electron chi connectivity index (χ3n) is 2.65. The Bertz CT molecular complexity index is 612. The van der Waals surface area contributed by atoms with E-state index in [-0.39, 0.29) is 23.8 Å². The number of anilines is 1. The van der Waals surface area contributed by atoms with Gasteiger partial charge >= 0.3 is 6.18 Å². The van der Waals surface area contributed by atoms with Crippen molar-refractivity contribution in [3.8, 4) is 11.5 Å². The molecule has 0 fully saturated rings. The first-order chi connectivity index (χ1) is 9.36. The van der Waals surface area contributed by atoms with Crippen molar-refractivity contribution in [3.05, 3.63) is 53.6 Å². The van der Waals surface area contributed by atoms with Gasteiger partial charge in [-0.1, -0.05) is 12.1 Å². The number of hydrogen-bond donors (Lipinski definition) is 2. The topological polar surface area (TPSA) is 55.5 Å². The van der Waals surface area contributed by atoms with Gasteiger partial charge in [-0.3, -0.25) is 0 Å². The van der Waals surface area contributed by atoms with Crippen LogP contribution in [-0.2, 0) is 12.8 Å². The molecule has 0 bridgehead atoms. The maximum atomic E-state index is 12.7. The van der Waals surface area contributed by atoms with E-state index in [4.69, 9.17) is 10.5 Å². The molecule has 0 radical (unpaired) electrons. The van der Waals surface area contributed by atoms with Gasteiger partial charge in [-0.15, -0.1) is 0 Å². The van der Waals surface area contributed by atoms with Crippen LogP contribution in [0.1, 0.15) is 11.1 Å². The average Bonchev–Trinajstić information content (AvgIpc) is 2.36. The smallest absolute Gasteiger partial charge is 0.418 e. The van der Waals surface area contributed by atoms with Crippen molar-refractivity contribution in [2.45, 2.75) is 12.8 Å². The summed E-state index contributed by atoms with van der Waals surface area (Å²) in [5.74, 6) is 0.134. The molecular formula is C14H12F3NO2. The maximum Gasteiger partial charge on any atom is 0.418 e. The van der Waals surface area contributed by atoms with Gasteiger partial charge in [0.15, 0.2) is 0 Å². The van der Waals surface area contributed by atoms with Crippen LogP contribution in [0.5, 0.6) is 11.5 Å². The van der Waals surface area contributed by atoms with E-state index in [0.29, 0.717) is 5.56 Å². The van der Waals surface area contributed by atoms with Crippen LogP contribution in [0.15, 0.2) is 42.5 Å². The van der Waals surface area contributed by atoms with Crippen molar-refractivity contribution in [1.82, 2.24) is 0 Å². The molecule has 2 aromatic rings. The zero-order chi connectivity index (χ0) is 14.8. The van der Waals surface area contributed by atoms with Crippen LogP contribution in [0.4, 0.5) is 18.9 Å². The molecule has 106 valence electrons. The summed E-state index contributed by atoms with van der Waals surface area (Å²) in [4.78, 5) is 0. The molecule has 6 heteroatoms. The third kappa shape index (κ3) is 3.34. The van der Waals surface area contributed by atoms with E-state index in [0.717, 1.165) is 12.1 Å². The summed E-state index contributed by atoms with van der Waals surface area (Å²) in [6.07, 6.45) is -4.52. The number of halogens is 3. The van der Waals surface area contributed by atoms with E-state index < -0.39 is 11.7 Å². The first-order valence-corrected chi connectivity index (χ1v) is 5.73. The highest BCUT2D eigenvalue weighted by Crippen LogP contribution is 2.35. The number of hydrogen-bond acceptors (Lipinski definition) is 3. The molecule has 0 spiro atoms. The Kier molecular flexibility index (Phi) is 3.74. The third-order valence-corrected chi connectivity index (χ3v) is 2.65. The van der Waals surface area contributed by atoms with Gasteiger partial charge in [0.25, 0.3) is 0 Å². The van der Waals surface area contributed by atoms with Crippen molar-refractivity contribution in [2.75, 3.05) is 5.73 Å². The van der Waals surface area contributed by atoms with Gasteiger partial charge in [-0.05, 0) is 35.9 Å². The van der Waals surface area contributed by atoms with Crippen LogP contribution >= 0.6 is 0 Å². The molecule has 0 amide bonds. The highest BCUT2D eigenvalue weighted by Gasteiger charge is 2.33. The Morgan fingerprint density at radius 2 is 1.85 bits per heavy atom. The second-order valence-electron chi connectivity index (χ2n) is 4.21. The lowest BCUT2D eigenvalue weighted by molar-refractivity contribution is -0.137. The number of aromatic hydroxyl groups is 1. The molecular weight excluding hydrogens is 271 g/mol. The number of phenolic OH excluding ortho intramolecular Hbond substituents is 1. The molecule has 0 aliphatic rings. The predicted molar refractivity (Wildman–Crippen MR) is 68.3 cm³/mol. The fourth-order valence-corrected chi connectivity index (χ4v) is 1.68. The summed E-state index contributed by atoms with van der Waals surface area (Å²) < 4.78 is 43.3. The lowest BCUT2D eigenvalue weighted by Crippen LogP contribution is -2.09. The largest absolute Gasteiger partial charge is 0.508 e. The number of nitrogen functional groups attached to an aromatic ring is 1. The SMILES string of the molecule is Nc1ccc(OCc2cccc(O)c2)cc1C(F)(F)F. The summed E-state index contributed by atoms with van der Waals surface area (Å²) in [6, 6.07) is 9.67. The van der Waals surface area contributed by atoms with Crippen LogP contribution in [0, 0.1) is 0 Å². The van der Waals surface area contributed by atoms with Crippen molar-refractivity contribution in [2.24, 2.45) is 0 Å². The quantitative estimate of drug-likeness (QED) is 0.847. The first-order valence-electron chi connectivity index (χ1n) is 5.73. The summed E-state index contributed by atoms with van der Waals surface area (Å²) >= 11 is 0. The normalized spacial score (nSPS) is 11.3. The Morgan fingerprint density at radius 3 is 2.50 bits per heavy atom. The predicted octanol–water partition coefficient (Wildman–Crippen LogP) is 3.57. The van der Waals surface area contributed by atoms with E-state index in [1.54, 1.807) is 12.1 Å². The molecule has 0 aliphatic carbocycles. The number of alkyl halides is 3. The van der Waals surface area contributed by atoms with Crippen LogP contribution < -0.4 is 10.5 Å². The van der Waals surface area contributed by atoms with Gasteiger partial charge in [0.1, 0.15) is 18.1 Å². The monoisotopic (exact) mass is 283 g/mol. The summed E-state index contributed by atoms with van der Waals surface area (Å²) in [7, 11) is 0. The molecule has 2 aromatic carbocycles. The van der Waals surface area contributed by atoms with Gasteiger partial charge in [-0.25, -0.2) is 0 Å². The zero-order valence-electron chi connectivity index (χ0n) is 10.3. The molecule has 0 aliphatic heterocycles. The Morgan fingerprint density at radius 1 is 1.10 bits per heavy atom. The Balaban J connectivity index is 2.14. The standard InChI is InChI=1S/C14H12F3NO2/c15-14(16,17)12-7-11(4-5-13(12)18)20-8-9-2-1-3-10(19)6-9/h1-7,19H,8,18H2. The fourth-order valence-electron chi connectivity index (χ4n) is 1.68. The van der Waals surface area contributed by atoms with Crippen LogP contribution in [0.2, 0.25) is 0 Å². The highest BCUT2D eigenvalue weighted by atomic mass is 19.4. The molecule has 0 aromatic heterocycles. The number of nitrogens with two attached hydrogens (primary N) is 1. The van der Waals surface area contributed by atoms with Gasteiger partial charge in [0, 0.05) is 5.69 Å². The van der Waals surface area contributed by atoms with Gasteiger partial charge in [0.2, 0.25) is 0 Å². The van der Waals surface area contributed by atoms with Crippen molar-refractivity contribution in [1.29, 1.82) is 0 Å². The number of benzene rings is 2. The van der Waals surface area contributed by atoms with Crippen molar-refractivity contribution in [3.63, 3.8) is 0 Å². The Hall–Kier alpha value is -2.37. The van der Waals surface area contributed by atoms with E-state index in [1.165, 1.54) is 18.2 Å².